The number of hydrogen-bond donors (Lipinski definition) is 1. The van der Waals surface area contributed by atoms with Gasteiger partial charge in [0.25, 0.3) is 0 Å². The Morgan fingerprint density at radius 1 is 1.14 bits per heavy atom. The quantitative estimate of drug-likeness (QED) is 0.927. The first-order valence-electron chi connectivity index (χ1n) is 7.85. The lowest BCUT2D eigenvalue weighted by Gasteiger charge is -2.21. The number of methoxy groups -OCH3 is 1. The lowest BCUT2D eigenvalue weighted by atomic mass is 9.87. The summed E-state index contributed by atoms with van der Waals surface area (Å²) in [6.07, 6.45) is 3.14. The van der Waals surface area contributed by atoms with Crippen molar-refractivity contribution in [1.29, 1.82) is 0 Å². The van der Waals surface area contributed by atoms with Gasteiger partial charge in [0.2, 0.25) is 0 Å². The summed E-state index contributed by atoms with van der Waals surface area (Å²) in [4.78, 5) is 0. The molecule has 0 saturated heterocycles. The fraction of sp³-hybridized carbons (Fsp3) is 0.647. The van der Waals surface area contributed by atoms with Crippen LogP contribution in [0.5, 0.6) is 17.2 Å². The molecule has 0 aliphatic carbocycles. The summed E-state index contributed by atoms with van der Waals surface area (Å²) in [5.41, 5.74) is 9.48. The van der Waals surface area contributed by atoms with Crippen LogP contribution in [0.1, 0.15) is 49.8 Å². The number of ether oxygens (including phenoxy) is 3. The molecule has 0 aromatic heterocycles. The molecule has 3 unspecified atom stereocenters. The molecular formula is C17H25NO3. The van der Waals surface area contributed by atoms with Gasteiger partial charge in [0.1, 0.15) is 18.0 Å². The number of nitrogens with two attached hydrogens (primary N) is 1. The molecule has 0 radical (unpaired) electrons. The number of fused-ring (bicyclic) bond motifs is 2. The largest absolute Gasteiger partial charge is 0.492 e. The predicted octanol–water partition coefficient (Wildman–Crippen LogP) is 2.79. The van der Waals surface area contributed by atoms with E-state index in [9.17, 15) is 0 Å². The van der Waals surface area contributed by atoms with E-state index < -0.39 is 0 Å². The molecule has 1 aromatic carbocycles. The normalized spacial score (nSPS) is 24.0. The van der Waals surface area contributed by atoms with E-state index in [1.165, 1.54) is 11.1 Å². The van der Waals surface area contributed by atoms with Crippen molar-refractivity contribution < 1.29 is 14.2 Å². The monoisotopic (exact) mass is 291 g/mol. The number of benzene rings is 1. The maximum Gasteiger partial charge on any atom is 0.168 e. The summed E-state index contributed by atoms with van der Waals surface area (Å²) in [5, 5.41) is 0. The van der Waals surface area contributed by atoms with Crippen LogP contribution in [0.3, 0.4) is 0 Å². The van der Waals surface area contributed by atoms with Crippen LogP contribution in [0.2, 0.25) is 0 Å². The van der Waals surface area contributed by atoms with Crippen molar-refractivity contribution in [3.05, 3.63) is 16.7 Å². The van der Waals surface area contributed by atoms with E-state index in [0.29, 0.717) is 12.5 Å². The Hall–Kier alpha value is -1.42. The highest BCUT2D eigenvalue weighted by atomic mass is 16.5. The zero-order valence-corrected chi connectivity index (χ0v) is 13.4. The smallest absolute Gasteiger partial charge is 0.168 e. The Balaban J connectivity index is 2.20. The maximum absolute atomic E-state index is 6.13. The molecule has 0 fully saturated rings. The van der Waals surface area contributed by atoms with Gasteiger partial charge >= 0.3 is 0 Å². The molecule has 116 valence electrons. The highest BCUT2D eigenvalue weighted by Gasteiger charge is 2.37. The fourth-order valence-electron chi connectivity index (χ4n) is 3.64. The molecule has 21 heavy (non-hydrogen) atoms. The highest BCUT2D eigenvalue weighted by molar-refractivity contribution is 5.66. The summed E-state index contributed by atoms with van der Waals surface area (Å²) in [6, 6.07) is 0. The van der Waals surface area contributed by atoms with Crippen molar-refractivity contribution in [2.24, 2.45) is 5.73 Å². The third kappa shape index (κ3) is 2.26. The van der Waals surface area contributed by atoms with Crippen LogP contribution >= 0.6 is 0 Å². The van der Waals surface area contributed by atoms with Crippen LogP contribution < -0.4 is 19.9 Å². The molecule has 4 nitrogen and oxygen atoms in total. The van der Waals surface area contributed by atoms with Gasteiger partial charge in [-0.05, 0) is 32.7 Å². The van der Waals surface area contributed by atoms with Gasteiger partial charge in [-0.3, -0.25) is 0 Å². The van der Waals surface area contributed by atoms with E-state index in [2.05, 4.69) is 20.8 Å². The summed E-state index contributed by atoms with van der Waals surface area (Å²) < 4.78 is 17.8. The summed E-state index contributed by atoms with van der Waals surface area (Å²) in [6.45, 7) is 7.12. The molecule has 1 aromatic rings. The lowest BCUT2D eigenvalue weighted by Crippen LogP contribution is -2.10. The van der Waals surface area contributed by atoms with Crippen molar-refractivity contribution in [1.82, 2.24) is 0 Å². The first-order valence-corrected chi connectivity index (χ1v) is 7.85. The average Bonchev–Trinajstić information content (AvgIpc) is 2.97. The number of hydrogen-bond acceptors (Lipinski definition) is 4. The van der Waals surface area contributed by atoms with Crippen LogP contribution in [0, 0.1) is 0 Å². The molecule has 0 saturated carbocycles. The van der Waals surface area contributed by atoms with Crippen LogP contribution in [0.25, 0.3) is 0 Å². The van der Waals surface area contributed by atoms with Crippen LogP contribution in [0.4, 0.5) is 0 Å². The predicted molar refractivity (Wildman–Crippen MR) is 82.7 cm³/mol. The van der Waals surface area contributed by atoms with Crippen LogP contribution in [0.15, 0.2) is 0 Å². The van der Waals surface area contributed by atoms with Gasteiger partial charge < -0.3 is 19.9 Å². The van der Waals surface area contributed by atoms with Gasteiger partial charge in [-0.15, -0.1) is 0 Å². The SMILES string of the molecule is COc1c2c(c(C(C)CCN)c3c1OC(C)C3)OC(C)C2. The molecule has 2 heterocycles. The zero-order valence-electron chi connectivity index (χ0n) is 13.4. The van der Waals surface area contributed by atoms with Gasteiger partial charge in [-0.25, -0.2) is 0 Å². The second kappa shape index (κ2) is 5.41. The van der Waals surface area contributed by atoms with E-state index in [1.54, 1.807) is 7.11 Å². The molecule has 3 atom stereocenters. The van der Waals surface area contributed by atoms with Crippen molar-refractivity contribution in [3.63, 3.8) is 0 Å². The molecule has 2 N–H and O–H groups in total. The third-order valence-corrected chi connectivity index (χ3v) is 4.52. The lowest BCUT2D eigenvalue weighted by molar-refractivity contribution is 0.242. The van der Waals surface area contributed by atoms with Gasteiger partial charge in [-0.1, -0.05) is 6.92 Å². The van der Waals surface area contributed by atoms with E-state index in [4.69, 9.17) is 19.9 Å². The van der Waals surface area contributed by atoms with Crippen LogP contribution in [-0.2, 0) is 12.8 Å². The highest BCUT2D eigenvalue weighted by Crippen LogP contribution is 2.53. The van der Waals surface area contributed by atoms with Crippen molar-refractivity contribution >= 4 is 0 Å². The Bertz CT molecular complexity index is 516. The molecule has 0 bridgehead atoms. The molecule has 0 spiro atoms. The fourth-order valence-corrected chi connectivity index (χ4v) is 3.64. The Morgan fingerprint density at radius 3 is 2.38 bits per heavy atom. The van der Waals surface area contributed by atoms with Crippen molar-refractivity contribution in [2.45, 2.75) is 58.2 Å². The number of rotatable bonds is 4. The maximum atomic E-state index is 6.13. The van der Waals surface area contributed by atoms with Gasteiger partial charge in [-0.2, -0.15) is 0 Å². The molecule has 3 rings (SSSR count). The summed E-state index contributed by atoms with van der Waals surface area (Å²) >= 11 is 0. The Kier molecular flexibility index (Phi) is 3.74. The summed E-state index contributed by atoms with van der Waals surface area (Å²) in [5.74, 6) is 3.21. The second-order valence-corrected chi connectivity index (χ2v) is 6.31. The first-order chi connectivity index (χ1) is 10.1. The standard InChI is InChI=1S/C17H25NO3/c1-9(5-6-18)14-12-7-10(2)21-17(12)16(19-4)13-8-11(3)20-15(13)14/h9-11H,5-8,18H2,1-4H3. The molecular weight excluding hydrogens is 266 g/mol. The van der Waals surface area contributed by atoms with Gasteiger partial charge in [0, 0.05) is 29.5 Å². The third-order valence-electron chi connectivity index (χ3n) is 4.52. The van der Waals surface area contributed by atoms with Crippen molar-refractivity contribution in [3.8, 4) is 17.2 Å². The van der Waals surface area contributed by atoms with Crippen molar-refractivity contribution in [2.75, 3.05) is 13.7 Å². The Morgan fingerprint density at radius 2 is 1.76 bits per heavy atom. The first kappa shape index (κ1) is 14.5. The van der Waals surface area contributed by atoms with Crippen LogP contribution in [-0.4, -0.2) is 25.9 Å². The Labute approximate surface area is 126 Å². The van der Waals surface area contributed by atoms with E-state index in [1.807, 2.05) is 0 Å². The molecule has 2 aliphatic rings. The molecule has 2 aliphatic heterocycles. The minimum absolute atomic E-state index is 0.192. The van der Waals surface area contributed by atoms with E-state index >= 15 is 0 Å². The molecule has 4 heteroatoms. The van der Waals surface area contributed by atoms with E-state index in [-0.39, 0.29) is 12.2 Å². The topological polar surface area (TPSA) is 53.7 Å². The molecule has 0 amide bonds. The van der Waals surface area contributed by atoms with Gasteiger partial charge in [0.05, 0.1) is 7.11 Å². The minimum atomic E-state index is 0.192. The summed E-state index contributed by atoms with van der Waals surface area (Å²) in [7, 11) is 1.72. The second-order valence-electron chi connectivity index (χ2n) is 6.31. The zero-order chi connectivity index (χ0) is 15.1. The average molecular weight is 291 g/mol. The van der Waals surface area contributed by atoms with E-state index in [0.717, 1.165) is 42.1 Å². The minimum Gasteiger partial charge on any atom is -0.492 e. The van der Waals surface area contributed by atoms with Gasteiger partial charge in [0.15, 0.2) is 11.5 Å².